The van der Waals surface area contributed by atoms with Gasteiger partial charge in [-0.2, -0.15) is 0 Å². The number of hydrogen-bond donors (Lipinski definition) is 1. The van der Waals surface area contributed by atoms with Crippen molar-refractivity contribution in [2.24, 2.45) is 0 Å². The molecule has 0 aliphatic heterocycles. The highest BCUT2D eigenvalue weighted by Gasteiger charge is 2.06. The summed E-state index contributed by atoms with van der Waals surface area (Å²) < 4.78 is 5.99. The SMILES string of the molecule is Cc1cccc(COc2ccc(Cl)cc2CNc2nccs2)c1. The zero-order chi connectivity index (χ0) is 16.1. The number of aromatic nitrogens is 1. The lowest BCUT2D eigenvalue weighted by molar-refractivity contribution is 0.303. The van der Waals surface area contributed by atoms with Crippen LogP contribution in [0.1, 0.15) is 16.7 Å². The Hall–Kier alpha value is -2.04. The standard InChI is InChI=1S/C18H17ClN2OS/c1-13-3-2-4-14(9-13)12-22-17-6-5-16(19)10-15(17)11-21-18-20-7-8-23-18/h2-10H,11-12H2,1H3,(H,20,21). The van der Waals surface area contributed by atoms with Crippen LogP contribution in [0.3, 0.4) is 0 Å². The minimum absolute atomic E-state index is 0.535. The Balaban J connectivity index is 1.70. The van der Waals surface area contributed by atoms with Crippen LogP contribution in [0.2, 0.25) is 5.02 Å². The van der Waals surface area contributed by atoms with E-state index in [1.807, 2.05) is 29.6 Å². The molecule has 0 saturated carbocycles. The van der Waals surface area contributed by atoms with Crippen LogP contribution in [0, 0.1) is 6.92 Å². The fourth-order valence-electron chi connectivity index (χ4n) is 2.27. The van der Waals surface area contributed by atoms with Gasteiger partial charge < -0.3 is 10.1 Å². The van der Waals surface area contributed by atoms with Crippen molar-refractivity contribution in [1.82, 2.24) is 4.98 Å². The van der Waals surface area contributed by atoms with Crippen molar-refractivity contribution in [2.75, 3.05) is 5.32 Å². The average Bonchev–Trinajstić information content (AvgIpc) is 3.05. The number of nitrogens with one attached hydrogen (secondary N) is 1. The van der Waals surface area contributed by atoms with E-state index in [0.717, 1.165) is 22.0 Å². The molecular formula is C18H17ClN2OS. The third kappa shape index (κ3) is 4.47. The first-order valence-electron chi connectivity index (χ1n) is 7.31. The Morgan fingerprint density at radius 3 is 2.91 bits per heavy atom. The predicted octanol–water partition coefficient (Wildman–Crippen LogP) is 5.30. The normalized spacial score (nSPS) is 10.5. The van der Waals surface area contributed by atoms with E-state index in [4.69, 9.17) is 16.3 Å². The van der Waals surface area contributed by atoms with Crippen molar-refractivity contribution < 1.29 is 4.74 Å². The molecule has 1 aromatic heterocycles. The van der Waals surface area contributed by atoms with E-state index in [-0.39, 0.29) is 0 Å². The maximum absolute atomic E-state index is 6.12. The van der Waals surface area contributed by atoms with E-state index >= 15 is 0 Å². The van der Waals surface area contributed by atoms with Crippen molar-refractivity contribution in [1.29, 1.82) is 0 Å². The molecule has 0 amide bonds. The minimum Gasteiger partial charge on any atom is -0.489 e. The molecule has 3 nitrogen and oxygen atoms in total. The summed E-state index contributed by atoms with van der Waals surface area (Å²) >= 11 is 7.69. The van der Waals surface area contributed by atoms with Gasteiger partial charge in [-0.05, 0) is 30.7 Å². The maximum Gasteiger partial charge on any atom is 0.182 e. The summed E-state index contributed by atoms with van der Waals surface area (Å²) in [6, 6.07) is 14.0. The molecule has 0 atom stereocenters. The van der Waals surface area contributed by atoms with E-state index in [0.29, 0.717) is 18.2 Å². The second-order valence-electron chi connectivity index (χ2n) is 5.22. The predicted molar refractivity (Wildman–Crippen MR) is 96.4 cm³/mol. The number of ether oxygens (including phenoxy) is 1. The zero-order valence-electron chi connectivity index (χ0n) is 12.8. The topological polar surface area (TPSA) is 34.1 Å². The molecule has 0 spiro atoms. The van der Waals surface area contributed by atoms with Crippen LogP contribution < -0.4 is 10.1 Å². The van der Waals surface area contributed by atoms with E-state index in [9.17, 15) is 0 Å². The monoisotopic (exact) mass is 344 g/mol. The zero-order valence-corrected chi connectivity index (χ0v) is 14.3. The van der Waals surface area contributed by atoms with Gasteiger partial charge in [0.1, 0.15) is 12.4 Å². The van der Waals surface area contributed by atoms with Gasteiger partial charge in [-0.15, -0.1) is 11.3 Å². The maximum atomic E-state index is 6.12. The van der Waals surface area contributed by atoms with Gasteiger partial charge >= 0.3 is 0 Å². The van der Waals surface area contributed by atoms with Gasteiger partial charge in [-0.3, -0.25) is 0 Å². The van der Waals surface area contributed by atoms with Gasteiger partial charge in [0.15, 0.2) is 5.13 Å². The molecule has 3 rings (SSSR count). The number of anilines is 1. The highest BCUT2D eigenvalue weighted by Crippen LogP contribution is 2.25. The first-order valence-corrected chi connectivity index (χ1v) is 8.56. The Labute approximate surface area is 144 Å². The van der Waals surface area contributed by atoms with Crippen molar-refractivity contribution in [2.45, 2.75) is 20.1 Å². The molecule has 118 valence electrons. The van der Waals surface area contributed by atoms with Crippen LogP contribution in [0.25, 0.3) is 0 Å². The third-order valence-corrected chi connectivity index (χ3v) is 4.33. The Morgan fingerprint density at radius 2 is 2.13 bits per heavy atom. The number of aryl methyl sites for hydroxylation is 1. The molecule has 0 fully saturated rings. The van der Waals surface area contributed by atoms with Crippen molar-refractivity contribution in [3.05, 3.63) is 75.8 Å². The molecule has 0 radical (unpaired) electrons. The highest BCUT2D eigenvalue weighted by molar-refractivity contribution is 7.13. The Morgan fingerprint density at radius 1 is 1.22 bits per heavy atom. The van der Waals surface area contributed by atoms with Gasteiger partial charge in [-0.25, -0.2) is 4.98 Å². The smallest absolute Gasteiger partial charge is 0.182 e. The quantitative estimate of drug-likeness (QED) is 0.659. The molecule has 0 unspecified atom stereocenters. The lowest BCUT2D eigenvalue weighted by Gasteiger charge is -2.13. The first kappa shape index (κ1) is 15.8. The molecule has 0 bridgehead atoms. The van der Waals surface area contributed by atoms with Gasteiger partial charge in [0.25, 0.3) is 0 Å². The van der Waals surface area contributed by atoms with Crippen LogP contribution in [-0.2, 0) is 13.2 Å². The van der Waals surface area contributed by atoms with Crippen molar-refractivity contribution in [3.63, 3.8) is 0 Å². The third-order valence-electron chi connectivity index (χ3n) is 3.36. The Bertz CT molecular complexity index is 774. The molecule has 23 heavy (non-hydrogen) atoms. The molecule has 0 saturated heterocycles. The van der Waals surface area contributed by atoms with Gasteiger partial charge in [0.2, 0.25) is 0 Å². The molecular weight excluding hydrogens is 328 g/mol. The molecule has 0 aliphatic carbocycles. The number of benzene rings is 2. The second-order valence-corrected chi connectivity index (χ2v) is 6.55. The molecule has 2 aromatic carbocycles. The van der Waals surface area contributed by atoms with Crippen molar-refractivity contribution in [3.8, 4) is 5.75 Å². The van der Waals surface area contributed by atoms with E-state index < -0.39 is 0 Å². The molecule has 1 heterocycles. The van der Waals surface area contributed by atoms with Crippen LogP contribution in [0.15, 0.2) is 54.0 Å². The average molecular weight is 345 g/mol. The summed E-state index contributed by atoms with van der Waals surface area (Å²) in [5.74, 6) is 0.833. The number of halogens is 1. The number of thiazole rings is 1. The number of nitrogens with zero attached hydrogens (tertiary/aromatic N) is 1. The lowest BCUT2D eigenvalue weighted by atomic mass is 10.1. The summed E-state index contributed by atoms with van der Waals surface area (Å²) in [6.07, 6.45) is 1.78. The number of hydrogen-bond acceptors (Lipinski definition) is 4. The summed E-state index contributed by atoms with van der Waals surface area (Å²) in [4.78, 5) is 4.22. The van der Waals surface area contributed by atoms with E-state index in [1.54, 1.807) is 17.5 Å². The fraction of sp³-hybridized carbons (Fsp3) is 0.167. The van der Waals surface area contributed by atoms with Crippen molar-refractivity contribution >= 4 is 28.1 Å². The number of rotatable bonds is 6. The largest absolute Gasteiger partial charge is 0.489 e. The summed E-state index contributed by atoms with van der Waals surface area (Å²) in [6.45, 7) is 3.24. The van der Waals surface area contributed by atoms with Crippen LogP contribution in [0.5, 0.6) is 5.75 Å². The van der Waals surface area contributed by atoms with E-state index in [1.165, 1.54) is 5.56 Å². The fourth-order valence-corrected chi connectivity index (χ4v) is 2.99. The summed E-state index contributed by atoms with van der Waals surface area (Å²) in [5.41, 5.74) is 3.40. The minimum atomic E-state index is 0.535. The van der Waals surface area contributed by atoms with Crippen LogP contribution in [-0.4, -0.2) is 4.98 Å². The van der Waals surface area contributed by atoms with Gasteiger partial charge in [-0.1, -0.05) is 41.4 Å². The van der Waals surface area contributed by atoms with Gasteiger partial charge in [0.05, 0.1) is 0 Å². The second kappa shape index (κ2) is 7.49. The molecule has 5 heteroatoms. The first-order chi connectivity index (χ1) is 11.2. The van der Waals surface area contributed by atoms with Crippen LogP contribution >= 0.6 is 22.9 Å². The molecule has 1 N–H and O–H groups in total. The van der Waals surface area contributed by atoms with E-state index in [2.05, 4.69) is 35.4 Å². The Kier molecular flexibility index (Phi) is 5.16. The van der Waals surface area contributed by atoms with Gasteiger partial charge in [0, 0.05) is 28.7 Å². The highest BCUT2D eigenvalue weighted by atomic mass is 35.5. The molecule has 0 aliphatic rings. The molecule has 3 aromatic rings. The van der Waals surface area contributed by atoms with Crippen LogP contribution in [0.4, 0.5) is 5.13 Å². The summed E-state index contributed by atoms with van der Waals surface area (Å²) in [5, 5.41) is 6.81. The summed E-state index contributed by atoms with van der Waals surface area (Å²) in [7, 11) is 0. The lowest BCUT2D eigenvalue weighted by Crippen LogP contribution is -2.03.